The third-order valence-electron chi connectivity index (χ3n) is 5.69. The van der Waals surface area contributed by atoms with Crippen LogP contribution in [-0.2, 0) is 4.79 Å². The van der Waals surface area contributed by atoms with E-state index in [0.29, 0.717) is 36.5 Å². The zero-order valence-corrected chi connectivity index (χ0v) is 19.1. The smallest absolute Gasteiger partial charge is 0.290 e. The summed E-state index contributed by atoms with van der Waals surface area (Å²) in [6.07, 6.45) is 0.694. The van der Waals surface area contributed by atoms with Crippen LogP contribution in [0.25, 0.3) is 11.0 Å². The first-order valence-corrected chi connectivity index (χ1v) is 11.1. The maximum atomic E-state index is 13.6. The Morgan fingerprint density at radius 3 is 2.67 bits per heavy atom. The molecule has 0 spiro atoms. The number of fused-ring (bicyclic) bond motifs is 1. The Morgan fingerprint density at radius 2 is 1.94 bits per heavy atom. The van der Waals surface area contributed by atoms with Crippen LogP contribution < -0.4 is 4.74 Å². The molecule has 1 amide bonds. The molecular formula is C26H28N2O5. The second-order valence-electron chi connectivity index (χ2n) is 8.30. The Morgan fingerprint density at radius 1 is 1.15 bits per heavy atom. The summed E-state index contributed by atoms with van der Waals surface area (Å²) in [5.74, 6) is -0.861. The van der Waals surface area contributed by atoms with Crippen molar-refractivity contribution >= 4 is 22.7 Å². The zero-order valence-electron chi connectivity index (χ0n) is 19.1. The monoisotopic (exact) mass is 448 g/mol. The summed E-state index contributed by atoms with van der Waals surface area (Å²) < 4.78 is 11.4. The van der Waals surface area contributed by atoms with Crippen LogP contribution in [0.5, 0.6) is 5.75 Å². The minimum absolute atomic E-state index is 0.0255. The van der Waals surface area contributed by atoms with E-state index in [9.17, 15) is 14.7 Å². The highest BCUT2D eigenvalue weighted by Gasteiger charge is 2.44. The van der Waals surface area contributed by atoms with Crippen molar-refractivity contribution in [3.8, 4) is 5.75 Å². The van der Waals surface area contributed by atoms with Gasteiger partial charge in [-0.05, 0) is 63.8 Å². The van der Waals surface area contributed by atoms with E-state index in [2.05, 4.69) is 0 Å². The van der Waals surface area contributed by atoms with Crippen molar-refractivity contribution in [3.63, 3.8) is 0 Å². The molecule has 0 radical (unpaired) electrons. The highest BCUT2D eigenvalue weighted by atomic mass is 16.5. The zero-order chi connectivity index (χ0) is 23.5. The average Bonchev–Trinajstić information content (AvgIpc) is 3.34. The van der Waals surface area contributed by atoms with Crippen LogP contribution in [0, 0.1) is 0 Å². The van der Waals surface area contributed by atoms with E-state index >= 15 is 0 Å². The van der Waals surface area contributed by atoms with Gasteiger partial charge in [-0.15, -0.1) is 0 Å². The summed E-state index contributed by atoms with van der Waals surface area (Å²) in [5.41, 5.74) is 1.29. The van der Waals surface area contributed by atoms with Crippen molar-refractivity contribution in [2.24, 2.45) is 0 Å². The van der Waals surface area contributed by atoms with E-state index in [1.54, 1.807) is 17.0 Å². The number of Topliss-reactive ketones (excluding diaryl/α,β-unsaturated/α-hetero) is 1. The molecule has 0 aliphatic carbocycles. The van der Waals surface area contributed by atoms with Crippen molar-refractivity contribution in [2.45, 2.75) is 19.4 Å². The average molecular weight is 449 g/mol. The number of hydrogen-bond acceptors (Lipinski definition) is 6. The van der Waals surface area contributed by atoms with Gasteiger partial charge in [0, 0.05) is 11.9 Å². The number of aliphatic hydroxyl groups excluding tert-OH is 1. The lowest BCUT2D eigenvalue weighted by atomic mass is 9.94. The molecule has 0 bridgehead atoms. The number of benzene rings is 2. The first kappa shape index (κ1) is 22.6. The number of hydrogen-bond donors (Lipinski definition) is 1. The Hall–Kier alpha value is -3.58. The molecule has 1 unspecified atom stereocenters. The number of para-hydroxylation sites is 1. The topological polar surface area (TPSA) is 83.2 Å². The van der Waals surface area contributed by atoms with Crippen molar-refractivity contribution in [1.29, 1.82) is 0 Å². The Labute approximate surface area is 192 Å². The first-order valence-electron chi connectivity index (χ1n) is 11.1. The van der Waals surface area contributed by atoms with Gasteiger partial charge in [0.25, 0.3) is 5.91 Å². The highest BCUT2D eigenvalue weighted by molar-refractivity contribution is 6.16. The van der Waals surface area contributed by atoms with Gasteiger partial charge in [-0.3, -0.25) is 9.59 Å². The number of nitrogens with zero attached hydrogens (tertiary/aromatic N) is 2. The van der Waals surface area contributed by atoms with Gasteiger partial charge in [0.1, 0.15) is 11.3 Å². The van der Waals surface area contributed by atoms with Gasteiger partial charge in [-0.25, -0.2) is 0 Å². The normalized spacial score (nSPS) is 16.3. The minimum atomic E-state index is -0.735. The molecule has 1 aliphatic heterocycles. The number of ketones is 1. The summed E-state index contributed by atoms with van der Waals surface area (Å²) in [7, 11) is 3.92. The van der Waals surface area contributed by atoms with Gasteiger partial charge in [0.05, 0.1) is 18.2 Å². The van der Waals surface area contributed by atoms with Crippen molar-refractivity contribution in [3.05, 3.63) is 77.3 Å². The van der Waals surface area contributed by atoms with Gasteiger partial charge in [0.2, 0.25) is 5.78 Å². The van der Waals surface area contributed by atoms with E-state index in [4.69, 9.17) is 9.15 Å². The Bertz CT molecular complexity index is 1180. The molecule has 1 N–H and O–H groups in total. The molecule has 0 fully saturated rings. The van der Waals surface area contributed by atoms with Crippen LogP contribution >= 0.6 is 0 Å². The van der Waals surface area contributed by atoms with Crippen LogP contribution in [0.1, 0.15) is 35.5 Å². The summed E-state index contributed by atoms with van der Waals surface area (Å²) in [6, 6.07) is 15.5. The van der Waals surface area contributed by atoms with Crippen LogP contribution in [-0.4, -0.2) is 60.4 Å². The standard InChI is InChI=1S/C26H28N2O5/c1-4-32-19-11-7-10-18(15-19)23-22(25(30)26(31)28(23)14-8-13-27(2)3)24(29)21-16-17-9-5-6-12-20(17)33-21/h5-7,9-12,15-16,23,30H,4,8,13-14H2,1-3H3. The molecule has 1 aliphatic rings. The van der Waals surface area contributed by atoms with Gasteiger partial charge in [-0.1, -0.05) is 30.3 Å². The molecule has 0 saturated carbocycles. The number of aliphatic hydroxyl groups is 1. The summed E-state index contributed by atoms with van der Waals surface area (Å²) in [4.78, 5) is 30.2. The second-order valence-corrected chi connectivity index (χ2v) is 8.30. The minimum Gasteiger partial charge on any atom is -0.503 e. The fraction of sp³-hybridized carbons (Fsp3) is 0.308. The predicted octanol–water partition coefficient (Wildman–Crippen LogP) is 4.36. The summed E-state index contributed by atoms with van der Waals surface area (Å²) >= 11 is 0. The van der Waals surface area contributed by atoms with E-state index in [-0.39, 0.29) is 11.3 Å². The van der Waals surface area contributed by atoms with E-state index in [1.807, 2.05) is 68.4 Å². The lowest BCUT2D eigenvalue weighted by molar-refractivity contribution is -0.129. The summed E-state index contributed by atoms with van der Waals surface area (Å²) in [6.45, 7) is 3.54. The van der Waals surface area contributed by atoms with Gasteiger partial charge in [-0.2, -0.15) is 0 Å². The fourth-order valence-corrected chi connectivity index (χ4v) is 4.19. The largest absolute Gasteiger partial charge is 0.503 e. The third-order valence-corrected chi connectivity index (χ3v) is 5.69. The molecule has 1 aromatic heterocycles. The van der Waals surface area contributed by atoms with E-state index in [0.717, 1.165) is 11.9 Å². The van der Waals surface area contributed by atoms with Crippen molar-refractivity contribution in [1.82, 2.24) is 9.80 Å². The number of amides is 1. The van der Waals surface area contributed by atoms with Crippen molar-refractivity contribution in [2.75, 3.05) is 33.8 Å². The van der Waals surface area contributed by atoms with Crippen LogP contribution in [0.3, 0.4) is 0 Å². The van der Waals surface area contributed by atoms with E-state index < -0.39 is 23.5 Å². The summed E-state index contributed by atoms with van der Waals surface area (Å²) in [5, 5.41) is 11.6. The van der Waals surface area contributed by atoms with Crippen molar-refractivity contribution < 1.29 is 23.8 Å². The number of carbonyl (C=O) groups excluding carboxylic acids is 2. The molecule has 1 atom stereocenters. The van der Waals surface area contributed by atoms with Gasteiger partial charge in [0.15, 0.2) is 11.5 Å². The molecule has 2 aromatic carbocycles. The van der Waals surface area contributed by atoms with Crippen LogP contribution in [0.15, 0.2) is 70.3 Å². The number of ether oxygens (including phenoxy) is 1. The molecular weight excluding hydrogens is 420 g/mol. The molecule has 7 heteroatoms. The number of furan rings is 1. The number of carbonyl (C=O) groups is 2. The molecule has 4 rings (SSSR count). The Kier molecular flexibility index (Phi) is 6.51. The SMILES string of the molecule is CCOc1cccc(C2C(C(=O)c3cc4ccccc4o3)=C(O)C(=O)N2CCCN(C)C)c1. The molecule has 0 saturated heterocycles. The molecule has 33 heavy (non-hydrogen) atoms. The molecule has 172 valence electrons. The lowest BCUT2D eigenvalue weighted by Crippen LogP contribution is -2.33. The lowest BCUT2D eigenvalue weighted by Gasteiger charge is -2.27. The van der Waals surface area contributed by atoms with Gasteiger partial charge >= 0.3 is 0 Å². The molecule has 7 nitrogen and oxygen atoms in total. The fourth-order valence-electron chi connectivity index (χ4n) is 4.19. The highest BCUT2D eigenvalue weighted by Crippen LogP contribution is 2.40. The number of rotatable bonds is 9. The van der Waals surface area contributed by atoms with Gasteiger partial charge < -0.3 is 24.1 Å². The quantitative estimate of drug-likeness (QED) is 0.490. The molecule has 2 heterocycles. The second kappa shape index (κ2) is 9.50. The maximum Gasteiger partial charge on any atom is 0.290 e. The third kappa shape index (κ3) is 4.50. The molecule has 3 aromatic rings. The van der Waals surface area contributed by atoms with E-state index in [1.165, 1.54) is 0 Å². The Balaban J connectivity index is 1.75. The van der Waals surface area contributed by atoms with Crippen LogP contribution in [0.4, 0.5) is 0 Å². The first-order chi connectivity index (χ1) is 15.9. The van der Waals surface area contributed by atoms with Crippen LogP contribution in [0.2, 0.25) is 0 Å². The maximum absolute atomic E-state index is 13.6. The predicted molar refractivity (Wildman–Crippen MR) is 125 cm³/mol.